The first-order valence-electron chi connectivity index (χ1n) is 10.5. The number of amides is 2. The number of fused-ring (bicyclic) bond motifs is 1. The average molecular weight is 423 g/mol. The Morgan fingerprint density at radius 3 is 2.45 bits per heavy atom. The standard InChI is InChI=1S/C23H25N3O5/c1-29-18-5-3-17(4-6-18)26-22(27)13-19(23(26)28)25-10-8-24(9-11-25)14-16-2-7-20-21(12-16)31-15-30-20/h2-7,12,19H,8-11,13-15H2,1H3/t19-/m0/s1. The highest BCUT2D eigenvalue weighted by Crippen LogP contribution is 2.33. The largest absolute Gasteiger partial charge is 0.497 e. The van der Waals surface area contributed by atoms with Crippen LogP contribution in [0.15, 0.2) is 42.5 Å². The van der Waals surface area contributed by atoms with Gasteiger partial charge in [-0.05, 0) is 42.0 Å². The minimum Gasteiger partial charge on any atom is -0.497 e. The van der Waals surface area contributed by atoms with Crippen LogP contribution in [0, 0.1) is 0 Å². The van der Waals surface area contributed by atoms with Crippen molar-refractivity contribution < 1.29 is 23.8 Å². The third-order valence-corrected chi connectivity index (χ3v) is 6.14. The molecule has 2 saturated heterocycles. The van der Waals surface area contributed by atoms with E-state index in [2.05, 4.69) is 15.9 Å². The van der Waals surface area contributed by atoms with Crippen LogP contribution in [0.3, 0.4) is 0 Å². The van der Waals surface area contributed by atoms with Crippen molar-refractivity contribution in [1.29, 1.82) is 0 Å². The maximum atomic E-state index is 13.0. The Labute approximate surface area is 180 Å². The number of ether oxygens (including phenoxy) is 3. The van der Waals surface area contributed by atoms with Crippen LogP contribution in [0.4, 0.5) is 5.69 Å². The third-order valence-electron chi connectivity index (χ3n) is 6.14. The van der Waals surface area contributed by atoms with E-state index in [1.807, 2.05) is 12.1 Å². The van der Waals surface area contributed by atoms with Gasteiger partial charge in [0.15, 0.2) is 11.5 Å². The molecule has 2 amide bonds. The van der Waals surface area contributed by atoms with Crippen LogP contribution in [0.1, 0.15) is 12.0 Å². The number of hydrogen-bond donors (Lipinski definition) is 0. The quantitative estimate of drug-likeness (QED) is 0.680. The molecule has 1 atom stereocenters. The molecule has 8 nitrogen and oxygen atoms in total. The highest BCUT2D eigenvalue weighted by molar-refractivity contribution is 6.22. The van der Waals surface area contributed by atoms with Gasteiger partial charge in [-0.2, -0.15) is 0 Å². The van der Waals surface area contributed by atoms with E-state index in [-0.39, 0.29) is 31.1 Å². The van der Waals surface area contributed by atoms with Crippen LogP contribution < -0.4 is 19.1 Å². The van der Waals surface area contributed by atoms with E-state index in [1.54, 1.807) is 31.4 Å². The SMILES string of the molecule is COc1ccc(N2C(=O)C[C@H](N3CCN(Cc4ccc5c(c4)OCO5)CC3)C2=O)cc1. The third kappa shape index (κ3) is 3.84. The summed E-state index contributed by atoms with van der Waals surface area (Å²) in [6, 6.07) is 12.7. The summed E-state index contributed by atoms with van der Waals surface area (Å²) in [5.74, 6) is 1.99. The number of imide groups is 1. The molecule has 3 aliphatic heterocycles. The lowest BCUT2D eigenvalue weighted by atomic mass is 10.1. The van der Waals surface area contributed by atoms with Gasteiger partial charge in [-0.1, -0.05) is 6.07 Å². The molecule has 162 valence electrons. The first kappa shape index (κ1) is 19.8. The molecule has 5 rings (SSSR count). The summed E-state index contributed by atoms with van der Waals surface area (Å²) in [7, 11) is 1.59. The second kappa shape index (κ2) is 8.20. The summed E-state index contributed by atoms with van der Waals surface area (Å²) in [6.45, 7) is 4.29. The summed E-state index contributed by atoms with van der Waals surface area (Å²) < 4.78 is 16.0. The molecule has 2 fully saturated rings. The first-order chi connectivity index (χ1) is 15.1. The van der Waals surface area contributed by atoms with E-state index < -0.39 is 0 Å². The van der Waals surface area contributed by atoms with Gasteiger partial charge in [0.2, 0.25) is 12.7 Å². The lowest BCUT2D eigenvalue weighted by Crippen LogP contribution is -2.52. The number of nitrogens with zero attached hydrogens (tertiary/aromatic N) is 3. The zero-order valence-electron chi connectivity index (χ0n) is 17.5. The molecular formula is C23H25N3O5. The number of carbonyl (C=O) groups excluding carboxylic acids is 2. The van der Waals surface area contributed by atoms with Crippen LogP contribution in [-0.2, 0) is 16.1 Å². The summed E-state index contributed by atoms with van der Waals surface area (Å²) in [5, 5.41) is 0. The fraction of sp³-hybridized carbons (Fsp3) is 0.391. The molecule has 0 saturated carbocycles. The number of benzene rings is 2. The Balaban J connectivity index is 1.19. The van der Waals surface area contributed by atoms with Gasteiger partial charge in [0.25, 0.3) is 5.91 Å². The topological polar surface area (TPSA) is 71.6 Å². The number of methoxy groups -OCH3 is 1. The summed E-state index contributed by atoms with van der Waals surface area (Å²) in [4.78, 5) is 31.5. The van der Waals surface area contributed by atoms with Crippen LogP contribution in [0.2, 0.25) is 0 Å². The predicted molar refractivity (Wildman–Crippen MR) is 113 cm³/mol. The smallest absolute Gasteiger partial charge is 0.251 e. The molecule has 0 N–H and O–H groups in total. The molecule has 2 aromatic rings. The van der Waals surface area contributed by atoms with Gasteiger partial charge in [0.05, 0.1) is 25.3 Å². The molecule has 0 aromatic heterocycles. The molecule has 8 heteroatoms. The Hall–Kier alpha value is -3.10. The van der Waals surface area contributed by atoms with Crippen molar-refractivity contribution in [2.75, 3.05) is 45.0 Å². The van der Waals surface area contributed by atoms with Crippen LogP contribution in [-0.4, -0.2) is 67.7 Å². The fourth-order valence-electron chi connectivity index (χ4n) is 4.43. The van der Waals surface area contributed by atoms with Gasteiger partial charge < -0.3 is 14.2 Å². The minimum absolute atomic E-state index is 0.139. The molecule has 0 bridgehead atoms. The summed E-state index contributed by atoms with van der Waals surface area (Å²) in [5.41, 5.74) is 1.77. The van der Waals surface area contributed by atoms with E-state index in [4.69, 9.17) is 14.2 Å². The highest BCUT2D eigenvalue weighted by Gasteiger charge is 2.43. The van der Waals surface area contributed by atoms with Gasteiger partial charge in [-0.25, -0.2) is 4.90 Å². The van der Waals surface area contributed by atoms with Gasteiger partial charge in [-0.15, -0.1) is 0 Å². The van der Waals surface area contributed by atoms with Gasteiger partial charge in [-0.3, -0.25) is 19.4 Å². The number of rotatable bonds is 5. The molecule has 2 aromatic carbocycles. The summed E-state index contributed by atoms with van der Waals surface area (Å²) >= 11 is 0. The molecule has 0 spiro atoms. The zero-order chi connectivity index (χ0) is 21.4. The van der Waals surface area contributed by atoms with Crippen molar-refractivity contribution in [3.05, 3.63) is 48.0 Å². The van der Waals surface area contributed by atoms with Crippen molar-refractivity contribution >= 4 is 17.5 Å². The van der Waals surface area contributed by atoms with Crippen LogP contribution in [0.25, 0.3) is 0 Å². The molecule has 3 heterocycles. The molecule has 3 aliphatic rings. The van der Waals surface area contributed by atoms with Crippen molar-refractivity contribution in [3.63, 3.8) is 0 Å². The first-order valence-corrected chi connectivity index (χ1v) is 10.5. The lowest BCUT2D eigenvalue weighted by Gasteiger charge is -2.37. The maximum absolute atomic E-state index is 13.0. The molecular weight excluding hydrogens is 398 g/mol. The summed E-state index contributed by atoms with van der Waals surface area (Å²) in [6.07, 6.45) is 0.229. The Kier molecular flexibility index (Phi) is 5.25. The predicted octanol–water partition coefficient (Wildman–Crippen LogP) is 1.87. The average Bonchev–Trinajstić information content (AvgIpc) is 3.38. The second-order valence-electron chi connectivity index (χ2n) is 7.99. The number of piperazine rings is 1. The van der Waals surface area contributed by atoms with Gasteiger partial charge >= 0.3 is 0 Å². The number of hydrogen-bond acceptors (Lipinski definition) is 7. The van der Waals surface area contributed by atoms with Crippen molar-refractivity contribution in [1.82, 2.24) is 9.80 Å². The van der Waals surface area contributed by atoms with E-state index in [1.165, 1.54) is 10.5 Å². The second-order valence-corrected chi connectivity index (χ2v) is 7.99. The molecule has 0 aliphatic carbocycles. The Bertz CT molecular complexity index is 985. The number of carbonyl (C=O) groups is 2. The van der Waals surface area contributed by atoms with E-state index in [0.29, 0.717) is 11.4 Å². The van der Waals surface area contributed by atoms with E-state index in [0.717, 1.165) is 44.2 Å². The van der Waals surface area contributed by atoms with Crippen molar-refractivity contribution in [3.8, 4) is 17.2 Å². The Morgan fingerprint density at radius 2 is 1.71 bits per heavy atom. The van der Waals surface area contributed by atoms with E-state index in [9.17, 15) is 9.59 Å². The highest BCUT2D eigenvalue weighted by atomic mass is 16.7. The van der Waals surface area contributed by atoms with E-state index >= 15 is 0 Å². The minimum atomic E-state index is -0.387. The lowest BCUT2D eigenvalue weighted by molar-refractivity contribution is -0.123. The monoisotopic (exact) mass is 423 g/mol. The number of anilines is 1. The van der Waals surface area contributed by atoms with Gasteiger partial charge in [0, 0.05) is 32.7 Å². The molecule has 0 unspecified atom stereocenters. The van der Waals surface area contributed by atoms with Crippen LogP contribution >= 0.6 is 0 Å². The van der Waals surface area contributed by atoms with Gasteiger partial charge in [0.1, 0.15) is 5.75 Å². The van der Waals surface area contributed by atoms with Crippen LogP contribution in [0.5, 0.6) is 17.2 Å². The maximum Gasteiger partial charge on any atom is 0.251 e. The zero-order valence-corrected chi connectivity index (χ0v) is 17.5. The fourth-order valence-corrected chi connectivity index (χ4v) is 4.43. The normalized spacial score (nSPS) is 21.7. The van der Waals surface area contributed by atoms with Crippen molar-refractivity contribution in [2.24, 2.45) is 0 Å². The Morgan fingerprint density at radius 1 is 0.968 bits per heavy atom. The molecule has 0 radical (unpaired) electrons. The molecule has 31 heavy (non-hydrogen) atoms. The van der Waals surface area contributed by atoms with Crippen molar-refractivity contribution in [2.45, 2.75) is 19.0 Å².